The molecule has 0 bridgehead atoms. The van der Waals surface area contributed by atoms with Gasteiger partial charge in [-0.15, -0.1) is 0 Å². The van der Waals surface area contributed by atoms with Gasteiger partial charge < -0.3 is 4.90 Å². The fraction of sp³-hybridized carbons (Fsp3) is 0.625. The van der Waals surface area contributed by atoms with Crippen molar-refractivity contribution in [3.63, 3.8) is 0 Å². The van der Waals surface area contributed by atoms with E-state index in [1.807, 2.05) is 20.8 Å². The Balaban J connectivity index is 1.72. The number of sulfonamides is 1. The van der Waals surface area contributed by atoms with Crippen molar-refractivity contribution in [2.24, 2.45) is 22.2 Å². The second kappa shape index (κ2) is 9.40. The van der Waals surface area contributed by atoms with E-state index < -0.39 is 53.6 Å². The number of sulfone groups is 1. The number of anilines is 1. The van der Waals surface area contributed by atoms with Gasteiger partial charge in [0, 0.05) is 12.2 Å². The number of alkyl halides is 1. The fourth-order valence-electron chi connectivity index (χ4n) is 5.52. The first-order chi connectivity index (χ1) is 16.6. The van der Waals surface area contributed by atoms with Gasteiger partial charge in [0.25, 0.3) is 0 Å². The predicted molar refractivity (Wildman–Crippen MR) is 139 cm³/mol. The normalized spacial score (nSPS) is 26.8. The Morgan fingerprint density at radius 3 is 2.39 bits per heavy atom. The second-order valence-corrected chi connectivity index (χ2v) is 15.5. The largest absolute Gasteiger partial charge is 0.331 e. The van der Waals surface area contributed by atoms with Crippen molar-refractivity contribution < 1.29 is 26.4 Å². The quantitative estimate of drug-likeness (QED) is 0.421. The van der Waals surface area contributed by atoms with E-state index in [4.69, 9.17) is 11.6 Å². The monoisotopic (exact) mass is 557 g/mol. The van der Waals surface area contributed by atoms with Crippen LogP contribution in [0.4, 0.5) is 11.4 Å². The zero-order valence-corrected chi connectivity index (χ0v) is 23.2. The van der Waals surface area contributed by atoms with E-state index in [-0.39, 0.29) is 22.0 Å². The first kappa shape index (κ1) is 27.1. The summed E-state index contributed by atoms with van der Waals surface area (Å²) in [5, 5.41) is 0. The number of benzene rings is 1. The van der Waals surface area contributed by atoms with Crippen LogP contribution in [0.25, 0.3) is 0 Å². The topological polar surface area (TPSA) is 130 Å². The number of carbonyl (C=O) groups is 2. The van der Waals surface area contributed by atoms with Gasteiger partial charge >= 0.3 is 0 Å². The van der Waals surface area contributed by atoms with Crippen LogP contribution >= 0.6 is 11.6 Å². The van der Waals surface area contributed by atoms with E-state index in [0.717, 1.165) is 31.6 Å². The fourth-order valence-corrected chi connectivity index (χ4v) is 7.96. The molecule has 1 aliphatic carbocycles. The average molecular weight is 558 g/mol. The zero-order valence-electron chi connectivity index (χ0n) is 20.8. The van der Waals surface area contributed by atoms with Gasteiger partial charge in [-0.2, -0.15) is 0 Å². The minimum Gasteiger partial charge on any atom is -0.331 e. The lowest BCUT2D eigenvalue weighted by Gasteiger charge is -2.34. The van der Waals surface area contributed by atoms with Crippen LogP contribution < -0.4 is 4.72 Å². The molecule has 2 aliphatic heterocycles. The number of hydrogen-bond acceptors (Lipinski definition) is 7. The van der Waals surface area contributed by atoms with Crippen molar-refractivity contribution in [1.82, 2.24) is 4.90 Å². The summed E-state index contributed by atoms with van der Waals surface area (Å²) in [4.78, 5) is 33.1. The third-order valence-electron chi connectivity index (χ3n) is 7.09. The van der Waals surface area contributed by atoms with E-state index in [2.05, 4.69) is 9.71 Å². The van der Waals surface area contributed by atoms with E-state index in [1.54, 1.807) is 4.90 Å². The molecule has 198 valence electrons. The minimum atomic E-state index is -4.25. The number of nitrogens with zero attached hydrogens (tertiary/aromatic N) is 2. The van der Waals surface area contributed by atoms with Gasteiger partial charge in [-0.3, -0.25) is 19.3 Å². The molecule has 2 unspecified atom stereocenters. The lowest BCUT2D eigenvalue weighted by molar-refractivity contribution is -0.132. The number of amides is 1. The van der Waals surface area contributed by atoms with Crippen molar-refractivity contribution in [2.75, 3.05) is 17.5 Å². The van der Waals surface area contributed by atoms with Crippen LogP contribution in [0, 0.1) is 17.3 Å². The minimum absolute atomic E-state index is 0.0123. The number of likely N-dealkylation sites (tertiary alicyclic amines) is 1. The molecule has 2 fully saturated rings. The van der Waals surface area contributed by atoms with Crippen molar-refractivity contribution in [3.05, 3.63) is 18.2 Å². The molecular formula is C24H32ClN3O6S2. The van der Waals surface area contributed by atoms with Gasteiger partial charge in [-0.05, 0) is 36.0 Å². The molecule has 2 heterocycles. The summed E-state index contributed by atoms with van der Waals surface area (Å²) in [6.07, 6.45) is 6.32. The molecule has 0 aromatic heterocycles. The van der Waals surface area contributed by atoms with Crippen LogP contribution in [0.2, 0.25) is 0 Å². The van der Waals surface area contributed by atoms with Gasteiger partial charge in [-0.1, -0.05) is 58.1 Å². The molecule has 1 aromatic rings. The molecule has 9 nitrogen and oxygen atoms in total. The first-order valence-corrected chi connectivity index (χ1v) is 15.9. The van der Waals surface area contributed by atoms with Crippen molar-refractivity contribution in [3.8, 4) is 0 Å². The molecule has 36 heavy (non-hydrogen) atoms. The molecule has 4 rings (SSSR count). The molecule has 3 aliphatic rings. The highest BCUT2D eigenvalue weighted by Gasteiger charge is 2.56. The SMILES string of the molecule is CC(C)(C)[C@H]1C(=O)C(C2=Nc3ccc(NS(C)(=O)=O)cc3S(=O)(=O)C2Cl)C(=O)N1CCC1CCCC1. The molecule has 12 heteroatoms. The maximum absolute atomic E-state index is 13.7. The van der Waals surface area contributed by atoms with Crippen LogP contribution in [-0.2, 0) is 29.4 Å². The van der Waals surface area contributed by atoms with Gasteiger partial charge in [0.15, 0.2) is 10.5 Å². The average Bonchev–Trinajstić information content (AvgIpc) is 3.34. The van der Waals surface area contributed by atoms with Crippen molar-refractivity contribution in [1.29, 1.82) is 0 Å². The van der Waals surface area contributed by atoms with Crippen molar-refractivity contribution in [2.45, 2.75) is 68.5 Å². The molecule has 0 spiro atoms. The Bertz CT molecular complexity index is 1330. The predicted octanol–water partition coefficient (Wildman–Crippen LogP) is 3.51. The Kier molecular flexibility index (Phi) is 7.07. The van der Waals surface area contributed by atoms with Gasteiger partial charge in [0.1, 0.15) is 5.92 Å². The molecule has 1 saturated carbocycles. The smallest absolute Gasteiger partial charge is 0.239 e. The van der Waals surface area contributed by atoms with Crippen LogP contribution in [0.15, 0.2) is 28.1 Å². The maximum atomic E-state index is 13.7. The number of halogens is 1. The molecule has 1 saturated heterocycles. The van der Waals surface area contributed by atoms with Crippen LogP contribution in [0.5, 0.6) is 0 Å². The molecular weight excluding hydrogens is 526 g/mol. The summed E-state index contributed by atoms with van der Waals surface area (Å²) in [6, 6.07) is 3.14. The Labute approximate surface area is 217 Å². The molecule has 3 atom stereocenters. The number of ketones is 1. The standard InChI is InChI=1S/C24H32ClN3O6S2/c1-24(2,3)21-20(29)18(23(30)28(21)12-11-14-7-5-6-8-14)19-22(25)36(33,34)17-13-15(27-35(4,31)32)9-10-16(17)26-19/h9-10,13-14,18,21-22,27H,5-8,11-12H2,1-4H3/t18?,21-,22?/m1/s1. The van der Waals surface area contributed by atoms with E-state index in [0.29, 0.717) is 12.5 Å². The highest BCUT2D eigenvalue weighted by atomic mass is 35.5. The summed E-state index contributed by atoms with van der Waals surface area (Å²) in [7, 11) is -7.89. The number of Topliss-reactive ketones (excluding diaryl/α,β-unsaturated/α-hetero) is 1. The van der Waals surface area contributed by atoms with E-state index in [1.165, 1.54) is 25.0 Å². The number of aliphatic imine (C=N–C) groups is 1. The van der Waals surface area contributed by atoms with Gasteiger partial charge in [0.2, 0.25) is 25.8 Å². The van der Waals surface area contributed by atoms with Crippen LogP contribution in [0.3, 0.4) is 0 Å². The van der Waals surface area contributed by atoms with E-state index >= 15 is 0 Å². The number of nitrogens with one attached hydrogen (secondary N) is 1. The highest BCUT2D eigenvalue weighted by Crippen LogP contribution is 2.42. The Morgan fingerprint density at radius 1 is 1.17 bits per heavy atom. The summed E-state index contributed by atoms with van der Waals surface area (Å²) >= 11 is 6.41. The first-order valence-electron chi connectivity index (χ1n) is 12.0. The summed E-state index contributed by atoms with van der Waals surface area (Å²) in [5.74, 6) is -1.71. The van der Waals surface area contributed by atoms with Gasteiger partial charge in [0.05, 0.1) is 28.6 Å². The molecule has 1 N–H and O–H groups in total. The zero-order chi connectivity index (χ0) is 26.6. The van der Waals surface area contributed by atoms with Crippen LogP contribution in [-0.4, -0.2) is 62.7 Å². The lowest BCUT2D eigenvalue weighted by atomic mass is 9.82. The maximum Gasteiger partial charge on any atom is 0.239 e. The number of hydrogen-bond donors (Lipinski definition) is 1. The Morgan fingerprint density at radius 2 is 1.81 bits per heavy atom. The summed E-state index contributed by atoms with van der Waals surface area (Å²) < 4.78 is 50.3. The third kappa shape index (κ3) is 5.06. The van der Waals surface area contributed by atoms with Crippen LogP contribution in [0.1, 0.15) is 52.9 Å². The number of rotatable bonds is 6. The second-order valence-electron chi connectivity index (χ2n) is 11.0. The molecule has 0 radical (unpaired) electrons. The molecule has 1 aromatic carbocycles. The molecule has 1 amide bonds. The number of carbonyl (C=O) groups excluding carboxylic acids is 2. The van der Waals surface area contributed by atoms with Crippen molar-refractivity contribution >= 4 is 60.2 Å². The third-order valence-corrected chi connectivity index (χ3v) is 10.3. The summed E-state index contributed by atoms with van der Waals surface area (Å²) in [6.45, 7) is 6.09. The lowest BCUT2D eigenvalue weighted by Crippen LogP contribution is -2.45. The van der Waals surface area contributed by atoms with E-state index in [9.17, 15) is 26.4 Å². The summed E-state index contributed by atoms with van der Waals surface area (Å²) in [5.41, 5.74) is -0.697. The van der Waals surface area contributed by atoms with Gasteiger partial charge in [-0.25, -0.2) is 16.8 Å². The highest BCUT2D eigenvalue weighted by molar-refractivity contribution is 7.94. The Hall–Kier alpha value is -1.98. The number of fused-ring (bicyclic) bond motifs is 1.